The molecule has 0 N–H and O–H groups in total. The highest BCUT2D eigenvalue weighted by Crippen LogP contribution is 2.29. The molecule has 20 heavy (non-hydrogen) atoms. The van der Waals surface area contributed by atoms with Crippen LogP contribution in [0.4, 0.5) is 17.1 Å². The number of hydrogen-bond donors (Lipinski definition) is 0. The van der Waals surface area contributed by atoms with E-state index in [9.17, 15) is 15.3 Å². The van der Waals surface area contributed by atoms with Crippen molar-refractivity contribution in [1.29, 1.82) is 0 Å². The number of azo groups is 1. The van der Waals surface area contributed by atoms with Crippen LogP contribution in [0.1, 0.15) is 11.1 Å². The summed E-state index contributed by atoms with van der Waals surface area (Å²) in [6.45, 7) is 3.37. The van der Waals surface area contributed by atoms with Crippen molar-refractivity contribution in [2.24, 2.45) is 5.11 Å². The number of aryl methyl sites for hydroxylation is 1. The van der Waals surface area contributed by atoms with Gasteiger partial charge < -0.3 is 5.21 Å². The molecular weight excluding hydrogens is 258 g/mol. The summed E-state index contributed by atoms with van der Waals surface area (Å²) in [6, 6.07) is 11.5. The summed E-state index contributed by atoms with van der Waals surface area (Å²) in [6.07, 6.45) is 0. The molecule has 0 amide bonds. The number of rotatable bonds is 3. The molecule has 0 aliphatic heterocycles. The van der Waals surface area contributed by atoms with Crippen LogP contribution in [0.3, 0.4) is 0 Å². The lowest BCUT2D eigenvalue weighted by molar-refractivity contribution is -0.436. The van der Waals surface area contributed by atoms with Gasteiger partial charge in [-0.3, -0.25) is 10.1 Å². The van der Waals surface area contributed by atoms with E-state index in [1.54, 1.807) is 38.1 Å². The summed E-state index contributed by atoms with van der Waals surface area (Å²) in [5.41, 5.74) is 1.81. The largest absolute Gasteiger partial charge is 0.594 e. The Labute approximate surface area is 115 Å². The highest BCUT2D eigenvalue weighted by atomic mass is 16.6. The van der Waals surface area contributed by atoms with Gasteiger partial charge in [0.2, 0.25) is 5.69 Å². The number of nitro benzene ring substituents is 1. The van der Waals surface area contributed by atoms with Crippen molar-refractivity contribution in [2.75, 3.05) is 0 Å². The molecular formula is C14H13N3O3. The SMILES string of the molecule is Cc1ccccc1[N+]([O-])=Nc1cccc([N+](=O)[O-])c1C. The Morgan fingerprint density at radius 2 is 1.60 bits per heavy atom. The topological polar surface area (TPSA) is 81.6 Å². The van der Waals surface area contributed by atoms with Crippen LogP contribution < -0.4 is 0 Å². The fourth-order valence-corrected chi connectivity index (χ4v) is 1.85. The highest BCUT2D eigenvalue weighted by molar-refractivity contribution is 5.55. The van der Waals surface area contributed by atoms with Gasteiger partial charge in [-0.25, -0.2) is 0 Å². The van der Waals surface area contributed by atoms with Crippen LogP contribution >= 0.6 is 0 Å². The second-order valence-corrected chi connectivity index (χ2v) is 4.34. The second kappa shape index (κ2) is 5.48. The first kappa shape index (κ1) is 13.7. The second-order valence-electron chi connectivity index (χ2n) is 4.34. The molecule has 0 saturated heterocycles. The standard InChI is InChI=1S/C14H13N3O3/c1-10-6-3-4-8-13(10)16(18)15-12-7-5-9-14(11(12)2)17(19)20/h3-9H,1-2H3. The Morgan fingerprint density at radius 3 is 2.25 bits per heavy atom. The Balaban J connectivity index is 2.48. The molecule has 0 saturated carbocycles. The maximum atomic E-state index is 12.0. The minimum atomic E-state index is -0.489. The Bertz CT molecular complexity index is 696. The molecule has 6 heteroatoms. The zero-order valence-corrected chi connectivity index (χ0v) is 11.1. The van der Waals surface area contributed by atoms with Crippen molar-refractivity contribution in [3.8, 4) is 0 Å². The zero-order valence-electron chi connectivity index (χ0n) is 11.1. The van der Waals surface area contributed by atoms with Gasteiger partial charge in [0.25, 0.3) is 5.69 Å². The molecule has 6 nitrogen and oxygen atoms in total. The molecule has 0 aliphatic rings. The summed E-state index contributed by atoms with van der Waals surface area (Å²) in [4.78, 5) is 10.9. The molecule has 0 radical (unpaired) electrons. The molecule has 0 unspecified atom stereocenters. The van der Waals surface area contributed by atoms with Crippen LogP contribution in [0.5, 0.6) is 0 Å². The van der Waals surface area contributed by atoms with Crippen molar-refractivity contribution in [3.63, 3.8) is 0 Å². The predicted octanol–water partition coefficient (Wildman–Crippen LogP) is 4.14. The minimum Gasteiger partial charge on any atom is -0.594 e. The van der Waals surface area contributed by atoms with Crippen LogP contribution in [-0.4, -0.2) is 9.78 Å². The van der Waals surface area contributed by atoms with Crippen LogP contribution in [0.15, 0.2) is 47.6 Å². The molecule has 2 aromatic carbocycles. The zero-order chi connectivity index (χ0) is 14.7. The van der Waals surface area contributed by atoms with E-state index in [0.29, 0.717) is 16.1 Å². The van der Waals surface area contributed by atoms with Crippen molar-refractivity contribution < 1.29 is 9.78 Å². The van der Waals surface area contributed by atoms with E-state index in [2.05, 4.69) is 5.11 Å². The smallest absolute Gasteiger partial charge is 0.274 e. The van der Waals surface area contributed by atoms with Crippen LogP contribution in [0.2, 0.25) is 0 Å². The normalized spacial score (nSPS) is 11.4. The lowest BCUT2D eigenvalue weighted by Gasteiger charge is -2.04. The summed E-state index contributed by atoms with van der Waals surface area (Å²) in [7, 11) is 0. The third-order valence-electron chi connectivity index (χ3n) is 2.99. The Hall–Kier alpha value is -2.76. The predicted molar refractivity (Wildman–Crippen MR) is 74.4 cm³/mol. The highest BCUT2D eigenvalue weighted by Gasteiger charge is 2.15. The lowest BCUT2D eigenvalue weighted by Crippen LogP contribution is -1.95. The Morgan fingerprint density at radius 1 is 0.950 bits per heavy atom. The molecule has 2 aromatic rings. The lowest BCUT2D eigenvalue weighted by atomic mass is 10.1. The number of nitrogens with zero attached hydrogens (tertiary/aromatic N) is 3. The fraction of sp³-hybridized carbons (Fsp3) is 0.143. The molecule has 0 spiro atoms. The Kier molecular flexibility index (Phi) is 3.74. The number of benzene rings is 2. The van der Waals surface area contributed by atoms with Gasteiger partial charge in [0.05, 0.1) is 10.5 Å². The molecule has 0 fully saturated rings. The minimum absolute atomic E-state index is 0.0515. The van der Waals surface area contributed by atoms with E-state index in [-0.39, 0.29) is 11.4 Å². The molecule has 2 rings (SSSR count). The van der Waals surface area contributed by atoms with Gasteiger partial charge in [0, 0.05) is 22.8 Å². The third kappa shape index (κ3) is 2.64. The van der Waals surface area contributed by atoms with Gasteiger partial charge in [-0.1, -0.05) is 24.3 Å². The third-order valence-corrected chi connectivity index (χ3v) is 2.99. The van der Waals surface area contributed by atoms with E-state index in [4.69, 9.17) is 0 Å². The first-order valence-corrected chi connectivity index (χ1v) is 5.99. The maximum Gasteiger partial charge on any atom is 0.274 e. The number of para-hydroxylation sites is 1. The van der Waals surface area contributed by atoms with Crippen molar-refractivity contribution >= 4 is 17.1 Å². The molecule has 0 atom stereocenters. The number of nitro groups is 1. The van der Waals surface area contributed by atoms with Gasteiger partial charge in [-0.2, -0.15) is 0 Å². The van der Waals surface area contributed by atoms with Crippen molar-refractivity contribution in [3.05, 3.63) is 68.9 Å². The van der Waals surface area contributed by atoms with E-state index in [1.807, 2.05) is 6.07 Å². The summed E-state index contributed by atoms with van der Waals surface area (Å²) >= 11 is 0. The van der Waals surface area contributed by atoms with E-state index in [0.717, 1.165) is 5.56 Å². The average Bonchev–Trinajstić information content (AvgIpc) is 2.41. The van der Waals surface area contributed by atoms with Gasteiger partial charge in [0.15, 0.2) is 0 Å². The summed E-state index contributed by atoms with van der Waals surface area (Å²) in [5, 5.41) is 26.8. The number of hydrogen-bond acceptors (Lipinski definition) is 4. The first-order chi connectivity index (χ1) is 9.50. The van der Waals surface area contributed by atoms with E-state index < -0.39 is 4.92 Å². The van der Waals surface area contributed by atoms with Gasteiger partial charge in [-0.05, 0) is 24.8 Å². The van der Waals surface area contributed by atoms with Gasteiger partial charge in [0.1, 0.15) is 5.69 Å². The molecule has 0 heterocycles. The van der Waals surface area contributed by atoms with Crippen LogP contribution in [0, 0.1) is 29.2 Å². The monoisotopic (exact) mass is 271 g/mol. The molecule has 102 valence electrons. The van der Waals surface area contributed by atoms with Crippen LogP contribution in [-0.2, 0) is 0 Å². The summed E-state index contributed by atoms with van der Waals surface area (Å²) in [5.74, 6) is 0. The van der Waals surface area contributed by atoms with E-state index >= 15 is 0 Å². The molecule has 0 aromatic heterocycles. The molecule has 0 aliphatic carbocycles. The van der Waals surface area contributed by atoms with Gasteiger partial charge >= 0.3 is 0 Å². The first-order valence-electron chi connectivity index (χ1n) is 5.99. The van der Waals surface area contributed by atoms with Gasteiger partial charge in [-0.15, -0.1) is 0 Å². The maximum absolute atomic E-state index is 12.0. The van der Waals surface area contributed by atoms with Crippen molar-refractivity contribution in [2.45, 2.75) is 13.8 Å². The summed E-state index contributed by atoms with van der Waals surface area (Å²) < 4.78 is 0. The average molecular weight is 271 g/mol. The fourth-order valence-electron chi connectivity index (χ4n) is 1.85. The quantitative estimate of drug-likeness (QED) is 0.364. The van der Waals surface area contributed by atoms with Crippen LogP contribution in [0.25, 0.3) is 0 Å². The molecule has 0 bridgehead atoms. The van der Waals surface area contributed by atoms with E-state index in [1.165, 1.54) is 12.1 Å². The van der Waals surface area contributed by atoms with Crippen molar-refractivity contribution in [1.82, 2.24) is 0 Å².